The van der Waals surface area contributed by atoms with Crippen LogP contribution < -0.4 is 0 Å². The Bertz CT molecular complexity index is 480. The van der Waals surface area contributed by atoms with Crippen molar-refractivity contribution in [3.05, 3.63) is 60.5 Å². The first kappa shape index (κ1) is 9.38. The highest BCUT2D eigenvalue weighted by molar-refractivity contribution is 5.61. The molecule has 0 radical (unpaired) electrons. The van der Waals surface area contributed by atoms with Crippen LogP contribution in [0.4, 0.5) is 0 Å². The first-order chi connectivity index (χ1) is 7.40. The van der Waals surface area contributed by atoms with Gasteiger partial charge in [-0.15, -0.1) is 5.73 Å². The smallest absolute Gasteiger partial charge is 0.0929 e. The highest BCUT2D eigenvalue weighted by Gasteiger charge is 1.97. The molecule has 0 aliphatic heterocycles. The van der Waals surface area contributed by atoms with Crippen molar-refractivity contribution in [3.63, 3.8) is 0 Å². The summed E-state index contributed by atoms with van der Waals surface area (Å²) >= 11 is 0. The lowest BCUT2D eigenvalue weighted by atomic mass is 10.1. The summed E-state index contributed by atoms with van der Waals surface area (Å²) in [5.41, 5.74) is 5.76. The van der Waals surface area contributed by atoms with Gasteiger partial charge in [0.05, 0.1) is 5.69 Å². The van der Waals surface area contributed by atoms with E-state index in [-0.39, 0.29) is 0 Å². The molecule has 0 aliphatic rings. The monoisotopic (exact) mass is 194 g/mol. The molecule has 0 N–H and O–H groups in total. The van der Waals surface area contributed by atoms with Gasteiger partial charge in [0, 0.05) is 11.8 Å². The Morgan fingerprint density at radius 3 is 2.53 bits per heavy atom. The first-order valence-corrected chi connectivity index (χ1v) is 4.64. The lowest BCUT2D eigenvalue weighted by molar-refractivity contribution is 1.04. The van der Waals surface area contributed by atoms with E-state index in [0.29, 0.717) is 0 Å². The third-order valence-electron chi connectivity index (χ3n) is 2.05. The fraction of sp³-hybridized carbons (Fsp3) is 0. The van der Waals surface area contributed by atoms with Gasteiger partial charge in [0.25, 0.3) is 0 Å². The molecule has 1 heterocycles. The Morgan fingerprint density at radius 2 is 1.93 bits per heavy atom. The van der Waals surface area contributed by atoms with Crippen LogP contribution in [0.5, 0.6) is 0 Å². The van der Waals surface area contributed by atoms with Gasteiger partial charge in [0.15, 0.2) is 0 Å². The number of hydrogen-bond donors (Lipinski definition) is 0. The number of aromatic nitrogens is 2. The van der Waals surface area contributed by atoms with Crippen molar-refractivity contribution in [3.8, 4) is 11.3 Å². The van der Waals surface area contributed by atoms with Crippen molar-refractivity contribution in [2.45, 2.75) is 0 Å². The predicted molar refractivity (Wildman–Crippen MR) is 61.1 cm³/mol. The largest absolute Gasteiger partial charge is 0.159 e. The lowest BCUT2D eigenvalue weighted by Gasteiger charge is -1.99. The molecule has 1 aromatic carbocycles. The number of benzene rings is 1. The van der Waals surface area contributed by atoms with Crippen LogP contribution in [0.2, 0.25) is 0 Å². The van der Waals surface area contributed by atoms with Crippen LogP contribution in [0.3, 0.4) is 0 Å². The van der Waals surface area contributed by atoms with Gasteiger partial charge in [-0.05, 0) is 23.8 Å². The Kier molecular flexibility index (Phi) is 2.72. The molecule has 2 rings (SSSR count). The normalized spacial score (nSPS) is 9.33. The second-order valence-electron chi connectivity index (χ2n) is 3.08. The lowest BCUT2D eigenvalue weighted by Crippen LogP contribution is -1.85. The molecule has 0 spiro atoms. The number of rotatable bonds is 2. The Morgan fingerprint density at radius 1 is 1.13 bits per heavy atom. The van der Waals surface area contributed by atoms with Crippen LogP contribution in [0.25, 0.3) is 17.3 Å². The molecule has 0 aliphatic carbocycles. The van der Waals surface area contributed by atoms with Gasteiger partial charge >= 0.3 is 0 Å². The van der Waals surface area contributed by atoms with Crippen molar-refractivity contribution in [2.75, 3.05) is 0 Å². The van der Waals surface area contributed by atoms with Crippen molar-refractivity contribution >= 4 is 6.08 Å². The molecule has 0 atom stereocenters. The minimum Gasteiger partial charge on any atom is -0.159 e. The third kappa shape index (κ3) is 2.19. The van der Waals surface area contributed by atoms with Gasteiger partial charge in [0.1, 0.15) is 0 Å². The molecular weight excluding hydrogens is 184 g/mol. The van der Waals surface area contributed by atoms with E-state index in [4.69, 9.17) is 0 Å². The van der Waals surface area contributed by atoms with E-state index in [1.165, 1.54) is 0 Å². The molecule has 1 aromatic heterocycles. The highest BCUT2D eigenvalue weighted by atomic mass is 15.1. The first-order valence-electron chi connectivity index (χ1n) is 4.64. The predicted octanol–water partition coefficient (Wildman–Crippen LogP) is 2.94. The molecule has 0 saturated carbocycles. The Balaban J connectivity index is 2.36. The second kappa shape index (κ2) is 4.36. The van der Waals surface area contributed by atoms with E-state index in [2.05, 4.69) is 22.5 Å². The molecule has 2 nitrogen and oxygen atoms in total. The van der Waals surface area contributed by atoms with Gasteiger partial charge in [-0.1, -0.05) is 30.8 Å². The summed E-state index contributed by atoms with van der Waals surface area (Å²) in [7, 11) is 0. The Hall–Kier alpha value is -2.18. The summed E-state index contributed by atoms with van der Waals surface area (Å²) in [5, 5.41) is 7.88. The van der Waals surface area contributed by atoms with E-state index in [1.54, 1.807) is 6.20 Å². The minimum absolute atomic E-state index is 0.881. The van der Waals surface area contributed by atoms with Gasteiger partial charge in [0.2, 0.25) is 0 Å². The van der Waals surface area contributed by atoms with Crippen LogP contribution >= 0.6 is 0 Å². The molecular formula is C13H10N2. The van der Waals surface area contributed by atoms with Crippen LogP contribution in [0, 0.1) is 0 Å². The molecule has 72 valence electrons. The number of nitrogens with zero attached hydrogens (tertiary/aromatic N) is 2. The maximum Gasteiger partial charge on any atom is 0.0929 e. The molecule has 0 amide bonds. The minimum atomic E-state index is 0.881. The van der Waals surface area contributed by atoms with Crippen LogP contribution in [-0.2, 0) is 0 Å². The quantitative estimate of drug-likeness (QED) is 0.687. The van der Waals surface area contributed by atoms with Crippen molar-refractivity contribution in [1.29, 1.82) is 0 Å². The van der Waals surface area contributed by atoms with Crippen LogP contribution in [0.1, 0.15) is 5.56 Å². The summed E-state index contributed by atoms with van der Waals surface area (Å²) in [6.07, 6.45) is 3.50. The van der Waals surface area contributed by atoms with Crippen LogP contribution in [-0.4, -0.2) is 10.2 Å². The molecule has 0 fully saturated rings. The Labute approximate surface area is 88.6 Å². The van der Waals surface area contributed by atoms with E-state index in [9.17, 15) is 0 Å². The van der Waals surface area contributed by atoms with Gasteiger partial charge in [-0.25, -0.2) is 0 Å². The molecule has 2 heteroatoms. The maximum atomic E-state index is 4.04. The number of hydrogen-bond acceptors (Lipinski definition) is 2. The summed E-state index contributed by atoms with van der Waals surface area (Å²) in [6.45, 7) is 3.53. The van der Waals surface area contributed by atoms with E-state index in [1.807, 2.05) is 42.5 Å². The zero-order chi connectivity index (χ0) is 10.5. The second-order valence-corrected chi connectivity index (χ2v) is 3.08. The fourth-order valence-corrected chi connectivity index (χ4v) is 1.32. The average Bonchev–Trinajstić information content (AvgIpc) is 2.32. The summed E-state index contributed by atoms with van der Waals surface area (Å²) in [4.78, 5) is 0. The van der Waals surface area contributed by atoms with Gasteiger partial charge in [-0.3, -0.25) is 0 Å². The maximum absolute atomic E-state index is 4.04. The highest BCUT2D eigenvalue weighted by Crippen LogP contribution is 2.16. The van der Waals surface area contributed by atoms with E-state index in [0.717, 1.165) is 16.8 Å². The molecule has 0 unspecified atom stereocenters. The molecule has 0 saturated heterocycles. The van der Waals surface area contributed by atoms with E-state index < -0.39 is 0 Å². The SMILES string of the molecule is C=C=Cc1ccc(-c2cccnn2)cc1. The average molecular weight is 194 g/mol. The molecule has 15 heavy (non-hydrogen) atoms. The summed E-state index contributed by atoms with van der Waals surface area (Å²) < 4.78 is 0. The van der Waals surface area contributed by atoms with Crippen LogP contribution in [0.15, 0.2) is 54.9 Å². The zero-order valence-corrected chi connectivity index (χ0v) is 8.22. The topological polar surface area (TPSA) is 25.8 Å². The van der Waals surface area contributed by atoms with E-state index >= 15 is 0 Å². The molecule has 0 bridgehead atoms. The zero-order valence-electron chi connectivity index (χ0n) is 8.22. The molecule has 2 aromatic rings. The van der Waals surface area contributed by atoms with Crippen molar-refractivity contribution in [2.24, 2.45) is 0 Å². The summed E-state index contributed by atoms with van der Waals surface area (Å²) in [6, 6.07) is 11.8. The fourth-order valence-electron chi connectivity index (χ4n) is 1.32. The van der Waals surface area contributed by atoms with Crippen molar-refractivity contribution in [1.82, 2.24) is 10.2 Å². The third-order valence-corrected chi connectivity index (χ3v) is 2.05. The van der Waals surface area contributed by atoms with Crippen molar-refractivity contribution < 1.29 is 0 Å². The van der Waals surface area contributed by atoms with Gasteiger partial charge in [-0.2, -0.15) is 10.2 Å². The van der Waals surface area contributed by atoms with Gasteiger partial charge < -0.3 is 0 Å². The standard InChI is InChI=1S/C13H10N2/c1-2-4-11-6-8-12(9-7-11)13-5-3-10-14-15-13/h3-10H,1H2. The summed E-state index contributed by atoms with van der Waals surface area (Å²) in [5.74, 6) is 0.